The summed E-state index contributed by atoms with van der Waals surface area (Å²) in [5.41, 5.74) is 1.59. The van der Waals surface area contributed by atoms with Gasteiger partial charge in [-0.15, -0.1) is 0 Å². The maximum atomic E-state index is 13.6. The molecule has 0 saturated heterocycles. The van der Waals surface area contributed by atoms with Crippen LogP contribution >= 0.6 is 0 Å². The Hall–Kier alpha value is -1.68. The van der Waals surface area contributed by atoms with Crippen LogP contribution in [-0.2, 0) is 5.85 Å². The molecule has 0 amide bonds. The number of alkyl halides is 1. The van der Waals surface area contributed by atoms with Crippen molar-refractivity contribution in [1.82, 2.24) is 9.78 Å². The largest absolute Gasteiger partial charge is 0.358 e. The molecule has 3 nitrogen and oxygen atoms in total. The van der Waals surface area contributed by atoms with E-state index in [1.807, 2.05) is 13.0 Å². The second-order valence-electron chi connectivity index (χ2n) is 3.87. The molecule has 0 radical (unpaired) electrons. The third-order valence-electron chi connectivity index (χ3n) is 2.36. The Bertz CT molecular complexity index is 500. The molecular weight excluding hydrogens is 207 g/mol. The van der Waals surface area contributed by atoms with Gasteiger partial charge in [0.2, 0.25) is 5.85 Å². The first kappa shape index (κ1) is 10.8. The van der Waals surface area contributed by atoms with Crippen molar-refractivity contribution in [3.63, 3.8) is 0 Å². The summed E-state index contributed by atoms with van der Waals surface area (Å²) in [4.78, 5) is 0. The van der Waals surface area contributed by atoms with Gasteiger partial charge in [-0.2, -0.15) is 5.10 Å². The summed E-state index contributed by atoms with van der Waals surface area (Å²) >= 11 is 0. The lowest BCUT2D eigenvalue weighted by molar-refractivity contribution is -0.0768. The van der Waals surface area contributed by atoms with Gasteiger partial charge in [0.15, 0.2) is 0 Å². The molecule has 0 aliphatic rings. The highest BCUT2D eigenvalue weighted by atomic mass is 19.2. The molecule has 1 heterocycles. The first-order valence-electron chi connectivity index (χ1n) is 5.02. The van der Waals surface area contributed by atoms with Crippen molar-refractivity contribution in [3.8, 4) is 5.69 Å². The van der Waals surface area contributed by atoms with Crippen LogP contribution in [0.4, 0.5) is 4.39 Å². The van der Waals surface area contributed by atoms with Gasteiger partial charge >= 0.3 is 0 Å². The summed E-state index contributed by atoms with van der Waals surface area (Å²) in [7, 11) is 0. The van der Waals surface area contributed by atoms with Gasteiger partial charge < -0.3 is 5.11 Å². The highest BCUT2D eigenvalue weighted by Crippen LogP contribution is 2.27. The molecule has 0 spiro atoms. The summed E-state index contributed by atoms with van der Waals surface area (Å²) in [6.07, 6.45) is 1.74. The Morgan fingerprint density at radius 2 is 2.00 bits per heavy atom. The Labute approximate surface area is 93.2 Å². The predicted molar refractivity (Wildman–Crippen MR) is 59.0 cm³/mol. The summed E-state index contributed by atoms with van der Waals surface area (Å²) in [6, 6.07) is 8.55. The lowest BCUT2D eigenvalue weighted by Gasteiger charge is -2.17. The third-order valence-corrected chi connectivity index (χ3v) is 2.36. The van der Waals surface area contributed by atoms with Gasteiger partial charge in [-0.25, -0.2) is 9.07 Å². The molecule has 0 bridgehead atoms. The van der Waals surface area contributed by atoms with Crippen molar-refractivity contribution in [3.05, 3.63) is 47.8 Å². The van der Waals surface area contributed by atoms with Crippen LogP contribution < -0.4 is 0 Å². The van der Waals surface area contributed by atoms with E-state index in [9.17, 15) is 9.50 Å². The third kappa shape index (κ3) is 1.97. The molecule has 2 rings (SSSR count). The fourth-order valence-corrected chi connectivity index (χ4v) is 1.61. The van der Waals surface area contributed by atoms with Crippen LogP contribution in [0.5, 0.6) is 0 Å². The van der Waals surface area contributed by atoms with Gasteiger partial charge in [0.25, 0.3) is 0 Å². The molecule has 1 aromatic carbocycles. The van der Waals surface area contributed by atoms with Crippen molar-refractivity contribution in [2.45, 2.75) is 19.7 Å². The zero-order chi connectivity index (χ0) is 11.8. The van der Waals surface area contributed by atoms with Gasteiger partial charge in [-0.3, -0.25) is 0 Å². The molecule has 1 unspecified atom stereocenters. The Balaban J connectivity index is 2.57. The van der Waals surface area contributed by atoms with E-state index in [-0.39, 0.29) is 5.56 Å². The molecule has 2 aromatic rings. The minimum absolute atomic E-state index is 0.207. The van der Waals surface area contributed by atoms with Crippen LogP contribution in [0.1, 0.15) is 18.2 Å². The molecular formula is C12H13FN2O. The minimum Gasteiger partial charge on any atom is -0.358 e. The van der Waals surface area contributed by atoms with Crippen molar-refractivity contribution >= 4 is 0 Å². The van der Waals surface area contributed by atoms with Crippen LogP contribution in [0.15, 0.2) is 36.5 Å². The van der Waals surface area contributed by atoms with Crippen molar-refractivity contribution in [1.29, 1.82) is 0 Å². The van der Waals surface area contributed by atoms with Crippen LogP contribution in [0, 0.1) is 6.92 Å². The number of halogens is 1. The van der Waals surface area contributed by atoms with E-state index >= 15 is 0 Å². The topological polar surface area (TPSA) is 38.0 Å². The highest BCUT2D eigenvalue weighted by molar-refractivity contribution is 5.42. The molecule has 84 valence electrons. The molecule has 0 fully saturated rings. The van der Waals surface area contributed by atoms with Crippen molar-refractivity contribution in [2.75, 3.05) is 0 Å². The van der Waals surface area contributed by atoms with Crippen LogP contribution in [-0.4, -0.2) is 14.9 Å². The highest BCUT2D eigenvalue weighted by Gasteiger charge is 2.25. The van der Waals surface area contributed by atoms with Gasteiger partial charge in [0.1, 0.15) is 0 Å². The summed E-state index contributed by atoms with van der Waals surface area (Å²) < 4.78 is 15.1. The average Bonchev–Trinajstić information content (AvgIpc) is 2.64. The minimum atomic E-state index is -2.36. The molecule has 0 saturated carbocycles. The van der Waals surface area contributed by atoms with E-state index in [0.717, 1.165) is 12.6 Å². The first-order chi connectivity index (χ1) is 7.48. The number of hydrogen-bond donors (Lipinski definition) is 1. The Morgan fingerprint density at radius 1 is 1.31 bits per heavy atom. The average molecular weight is 220 g/mol. The molecule has 16 heavy (non-hydrogen) atoms. The Kier molecular flexibility index (Phi) is 2.52. The maximum absolute atomic E-state index is 13.6. The zero-order valence-corrected chi connectivity index (χ0v) is 9.18. The Morgan fingerprint density at radius 3 is 2.56 bits per heavy atom. The number of benzene rings is 1. The molecule has 1 atom stereocenters. The predicted octanol–water partition coefficient (Wildman–Crippen LogP) is 2.32. The van der Waals surface area contributed by atoms with Crippen LogP contribution in [0.25, 0.3) is 5.69 Å². The second-order valence-corrected chi connectivity index (χ2v) is 3.87. The normalized spacial score (nSPS) is 14.8. The van der Waals surface area contributed by atoms with Crippen molar-refractivity contribution < 1.29 is 9.50 Å². The SMILES string of the molecule is Cc1ccn(-c2ccccc2C(C)(O)F)n1. The van der Waals surface area contributed by atoms with E-state index in [0.29, 0.717) is 5.69 Å². The number of rotatable bonds is 2. The van der Waals surface area contributed by atoms with Gasteiger partial charge in [0, 0.05) is 11.8 Å². The number of aromatic nitrogens is 2. The number of hydrogen-bond acceptors (Lipinski definition) is 2. The smallest absolute Gasteiger partial charge is 0.232 e. The van der Waals surface area contributed by atoms with Gasteiger partial charge in [0.05, 0.1) is 11.4 Å². The van der Waals surface area contributed by atoms with Crippen LogP contribution in [0.3, 0.4) is 0 Å². The van der Waals surface area contributed by atoms with E-state index in [1.54, 1.807) is 35.1 Å². The standard InChI is InChI=1S/C12H13FN2O/c1-9-7-8-15(14-9)11-6-4-3-5-10(11)12(2,13)16/h3-8,16H,1-2H3. The number of aliphatic hydroxyl groups is 1. The van der Waals surface area contributed by atoms with E-state index in [1.165, 1.54) is 0 Å². The van der Waals surface area contributed by atoms with Gasteiger partial charge in [-0.05, 0) is 26.0 Å². The van der Waals surface area contributed by atoms with E-state index in [4.69, 9.17) is 0 Å². The quantitative estimate of drug-likeness (QED) is 0.843. The summed E-state index contributed by atoms with van der Waals surface area (Å²) in [6.45, 7) is 2.97. The monoisotopic (exact) mass is 220 g/mol. The molecule has 4 heteroatoms. The first-order valence-corrected chi connectivity index (χ1v) is 5.02. The van der Waals surface area contributed by atoms with Crippen LogP contribution in [0.2, 0.25) is 0 Å². The summed E-state index contributed by atoms with van der Waals surface area (Å²) in [5.74, 6) is -2.36. The molecule has 0 aliphatic carbocycles. The second kappa shape index (κ2) is 3.72. The van der Waals surface area contributed by atoms with Gasteiger partial charge in [-0.1, -0.05) is 18.2 Å². The summed E-state index contributed by atoms with van der Waals surface area (Å²) in [5, 5.41) is 13.6. The lowest BCUT2D eigenvalue weighted by atomic mass is 10.1. The molecule has 1 aromatic heterocycles. The van der Waals surface area contributed by atoms with E-state index < -0.39 is 5.85 Å². The fraction of sp³-hybridized carbons (Fsp3) is 0.250. The number of nitrogens with zero attached hydrogens (tertiary/aromatic N) is 2. The van der Waals surface area contributed by atoms with Crippen molar-refractivity contribution in [2.24, 2.45) is 0 Å². The molecule has 0 aliphatic heterocycles. The lowest BCUT2D eigenvalue weighted by Crippen LogP contribution is -2.17. The fourth-order valence-electron chi connectivity index (χ4n) is 1.61. The number of aryl methyl sites for hydroxylation is 1. The molecule has 1 N–H and O–H groups in total. The maximum Gasteiger partial charge on any atom is 0.232 e. The zero-order valence-electron chi connectivity index (χ0n) is 9.18. The van der Waals surface area contributed by atoms with E-state index in [2.05, 4.69) is 5.10 Å². The number of para-hydroxylation sites is 1.